The number of halogens is 3. The van der Waals surface area contributed by atoms with E-state index in [0.29, 0.717) is 12.5 Å². The van der Waals surface area contributed by atoms with E-state index in [2.05, 4.69) is 56.4 Å². The fourth-order valence-electron chi connectivity index (χ4n) is 4.10. The number of nitrogens with one attached hydrogen (secondary N) is 2. The van der Waals surface area contributed by atoms with E-state index >= 15 is 0 Å². The molecule has 8 nitrogen and oxygen atoms in total. The van der Waals surface area contributed by atoms with Gasteiger partial charge in [0.2, 0.25) is 0 Å². The van der Waals surface area contributed by atoms with Gasteiger partial charge in [0, 0.05) is 42.3 Å². The molecule has 0 radical (unpaired) electrons. The van der Waals surface area contributed by atoms with E-state index in [-0.39, 0.29) is 37.2 Å². The van der Waals surface area contributed by atoms with Gasteiger partial charge in [-0.25, -0.2) is 4.98 Å². The molecule has 2 N–H and O–H groups in total. The highest BCUT2D eigenvalue weighted by atomic mass is 35.5. The highest BCUT2D eigenvalue weighted by molar-refractivity contribution is 7.15. The maximum Gasteiger partial charge on any atom is 0.188 e. The van der Waals surface area contributed by atoms with Crippen LogP contribution >= 0.6 is 48.6 Å². The second kappa shape index (κ2) is 14.7. The Morgan fingerprint density at radius 2 is 1.95 bits per heavy atom. The molecule has 4 heterocycles. The first-order chi connectivity index (χ1) is 16.6. The average molecular weight is 588 g/mol. The maximum absolute atomic E-state index is 6.19. The molecule has 1 fully saturated rings. The number of benzene rings is 1. The third-order valence-electron chi connectivity index (χ3n) is 5.70. The lowest BCUT2D eigenvalue weighted by molar-refractivity contribution is 0.0346. The normalized spacial score (nSPS) is 13.5. The Kier molecular flexibility index (Phi) is 12.4. The van der Waals surface area contributed by atoms with Gasteiger partial charge in [-0.05, 0) is 42.2 Å². The van der Waals surface area contributed by atoms with Crippen molar-refractivity contribution < 1.29 is 9.47 Å². The number of nitrogens with zero attached hydrogens (tertiary/aromatic N) is 4. The van der Waals surface area contributed by atoms with Crippen LogP contribution < -0.4 is 10.1 Å². The molecule has 3 aromatic heterocycles. The number of thiazole rings is 1. The van der Waals surface area contributed by atoms with Crippen LogP contribution in [0.4, 0.5) is 10.9 Å². The molecular weight excluding hydrogens is 555 g/mol. The van der Waals surface area contributed by atoms with E-state index in [9.17, 15) is 0 Å². The fourth-order valence-corrected chi connectivity index (χ4v) is 4.95. The Labute approximate surface area is 239 Å². The number of aromatic amines is 1. The van der Waals surface area contributed by atoms with Crippen LogP contribution in [0.2, 0.25) is 0 Å². The molecule has 1 aliphatic rings. The molecule has 1 aliphatic heterocycles. The Balaban J connectivity index is 0.00000160. The van der Waals surface area contributed by atoms with Gasteiger partial charge in [-0.3, -0.25) is 15.0 Å². The third kappa shape index (κ3) is 8.17. The van der Waals surface area contributed by atoms with Crippen molar-refractivity contribution >= 4 is 70.4 Å². The number of H-pyrrole nitrogens is 1. The maximum atomic E-state index is 6.19. The van der Waals surface area contributed by atoms with Gasteiger partial charge in [0.15, 0.2) is 10.9 Å². The van der Waals surface area contributed by atoms with E-state index in [4.69, 9.17) is 9.47 Å². The number of pyridine rings is 1. The van der Waals surface area contributed by atoms with E-state index in [0.717, 1.165) is 72.6 Å². The van der Waals surface area contributed by atoms with Crippen LogP contribution in [-0.4, -0.2) is 51.4 Å². The minimum atomic E-state index is 0. The van der Waals surface area contributed by atoms with Crippen molar-refractivity contribution in [3.8, 4) is 5.75 Å². The lowest BCUT2D eigenvalue weighted by atomic mass is 10.0. The molecular formula is C25H33Cl3N6O2S. The van der Waals surface area contributed by atoms with Crippen LogP contribution in [0.15, 0.2) is 42.7 Å². The Bertz CT molecular complexity index is 1230. The summed E-state index contributed by atoms with van der Waals surface area (Å²) in [5, 5.41) is 13.0. The summed E-state index contributed by atoms with van der Waals surface area (Å²) in [6, 6.07) is 10.1. The first kappa shape index (κ1) is 31.1. The van der Waals surface area contributed by atoms with Crippen molar-refractivity contribution in [1.82, 2.24) is 25.1 Å². The van der Waals surface area contributed by atoms with Crippen molar-refractivity contribution in [2.45, 2.75) is 33.4 Å². The first-order valence-corrected chi connectivity index (χ1v) is 12.5. The van der Waals surface area contributed by atoms with Crippen LogP contribution in [0.1, 0.15) is 30.0 Å². The van der Waals surface area contributed by atoms with Gasteiger partial charge in [0.25, 0.3) is 0 Å². The van der Waals surface area contributed by atoms with Gasteiger partial charge in [-0.15, -0.1) is 48.6 Å². The Hall–Kier alpha value is -2.14. The van der Waals surface area contributed by atoms with Crippen LogP contribution in [0.3, 0.4) is 0 Å². The monoisotopic (exact) mass is 586 g/mol. The van der Waals surface area contributed by atoms with E-state index in [1.54, 1.807) is 17.5 Å². The molecule has 0 bridgehead atoms. The summed E-state index contributed by atoms with van der Waals surface area (Å²) < 4.78 is 11.6. The standard InChI is InChI=1S/C25H30N6O2S.3ClH/c1-17(2)11-18-12-21-23(22(13-18)33-16-19-5-3-4-6-26-19)29-30-24(21)28-25-27-14-20(34-25)15-31-7-9-32-10-8-31;;;/h3-6,12-14,17H,7-11,15-16H2,1-2H3,(H2,27,28,29,30);3*1H. The van der Waals surface area contributed by atoms with Gasteiger partial charge >= 0.3 is 0 Å². The molecule has 1 aromatic carbocycles. The van der Waals surface area contributed by atoms with Crippen LogP contribution in [0.5, 0.6) is 5.75 Å². The van der Waals surface area contributed by atoms with Crippen molar-refractivity contribution in [3.63, 3.8) is 0 Å². The Morgan fingerprint density at radius 3 is 2.68 bits per heavy atom. The van der Waals surface area contributed by atoms with E-state index < -0.39 is 0 Å². The number of ether oxygens (including phenoxy) is 2. The van der Waals surface area contributed by atoms with Crippen molar-refractivity contribution in [3.05, 3.63) is 58.9 Å². The van der Waals surface area contributed by atoms with E-state index in [1.807, 2.05) is 24.4 Å². The molecule has 0 unspecified atom stereocenters. The highest BCUT2D eigenvalue weighted by Crippen LogP contribution is 2.34. The summed E-state index contributed by atoms with van der Waals surface area (Å²) in [5.74, 6) is 2.08. The third-order valence-corrected chi connectivity index (χ3v) is 6.60. The fraction of sp³-hybridized carbons (Fsp3) is 0.400. The number of fused-ring (bicyclic) bond motifs is 1. The molecule has 4 aromatic rings. The predicted octanol–water partition coefficient (Wildman–Crippen LogP) is 6.03. The summed E-state index contributed by atoms with van der Waals surface area (Å²) in [7, 11) is 0. The molecule has 0 amide bonds. The van der Waals surface area contributed by atoms with Gasteiger partial charge in [-0.1, -0.05) is 19.9 Å². The molecule has 0 spiro atoms. The second-order valence-electron chi connectivity index (χ2n) is 8.94. The number of hydrogen-bond donors (Lipinski definition) is 2. The minimum absolute atomic E-state index is 0. The minimum Gasteiger partial charge on any atom is -0.485 e. The predicted molar refractivity (Wildman–Crippen MR) is 156 cm³/mol. The first-order valence-electron chi connectivity index (χ1n) is 11.7. The number of morpholine rings is 1. The zero-order valence-corrected chi connectivity index (χ0v) is 24.1. The largest absolute Gasteiger partial charge is 0.485 e. The molecule has 0 saturated carbocycles. The van der Waals surface area contributed by atoms with Crippen molar-refractivity contribution in [2.24, 2.45) is 5.92 Å². The highest BCUT2D eigenvalue weighted by Gasteiger charge is 2.16. The van der Waals surface area contributed by atoms with Crippen LogP contribution in [0, 0.1) is 5.92 Å². The van der Waals surface area contributed by atoms with Gasteiger partial charge in [-0.2, -0.15) is 5.10 Å². The van der Waals surface area contributed by atoms with Crippen molar-refractivity contribution in [2.75, 3.05) is 31.6 Å². The topological polar surface area (TPSA) is 88.2 Å². The quantitative estimate of drug-likeness (QED) is 0.247. The number of anilines is 2. The molecule has 0 aliphatic carbocycles. The lowest BCUT2D eigenvalue weighted by Gasteiger charge is -2.25. The zero-order chi connectivity index (χ0) is 23.3. The molecule has 202 valence electrons. The number of aromatic nitrogens is 4. The van der Waals surface area contributed by atoms with Gasteiger partial charge in [0.1, 0.15) is 17.9 Å². The summed E-state index contributed by atoms with van der Waals surface area (Å²) in [5.41, 5.74) is 2.98. The number of hydrogen-bond acceptors (Lipinski definition) is 8. The SMILES string of the molecule is CC(C)Cc1cc(OCc2ccccn2)c2[nH]nc(Nc3ncc(CN4CCOCC4)s3)c2c1.Cl.Cl.Cl. The lowest BCUT2D eigenvalue weighted by Crippen LogP contribution is -2.35. The molecule has 5 rings (SSSR count). The van der Waals surface area contributed by atoms with Crippen LogP contribution in [0.25, 0.3) is 10.9 Å². The van der Waals surface area contributed by atoms with E-state index in [1.165, 1.54) is 10.4 Å². The van der Waals surface area contributed by atoms with Gasteiger partial charge < -0.3 is 14.8 Å². The molecule has 37 heavy (non-hydrogen) atoms. The summed E-state index contributed by atoms with van der Waals surface area (Å²) in [4.78, 5) is 12.6. The summed E-state index contributed by atoms with van der Waals surface area (Å²) in [6.45, 7) is 9.26. The molecule has 12 heteroatoms. The second-order valence-corrected chi connectivity index (χ2v) is 10.1. The van der Waals surface area contributed by atoms with Crippen LogP contribution in [-0.2, 0) is 24.3 Å². The zero-order valence-electron chi connectivity index (χ0n) is 20.8. The smallest absolute Gasteiger partial charge is 0.188 e. The molecule has 1 saturated heterocycles. The average Bonchev–Trinajstić information content (AvgIpc) is 3.45. The van der Waals surface area contributed by atoms with Gasteiger partial charge in [0.05, 0.1) is 18.9 Å². The number of rotatable bonds is 9. The molecule has 0 atom stereocenters. The summed E-state index contributed by atoms with van der Waals surface area (Å²) >= 11 is 1.66. The van der Waals surface area contributed by atoms with Crippen molar-refractivity contribution in [1.29, 1.82) is 0 Å². The Morgan fingerprint density at radius 1 is 1.14 bits per heavy atom. The summed E-state index contributed by atoms with van der Waals surface area (Å²) in [6.07, 6.45) is 4.69.